The highest BCUT2D eigenvalue weighted by Crippen LogP contribution is 2.18. The Morgan fingerprint density at radius 2 is 2.04 bits per heavy atom. The number of aliphatic hydroxyl groups excluding tert-OH is 1. The maximum atomic E-state index is 11.3. The summed E-state index contributed by atoms with van der Waals surface area (Å²) in [5.41, 5.74) is 1.44. The molecule has 0 fully saturated rings. The van der Waals surface area contributed by atoms with E-state index in [1.54, 1.807) is 37.6 Å². The summed E-state index contributed by atoms with van der Waals surface area (Å²) >= 11 is 0. The number of fused-ring (bicyclic) bond motifs is 1. The van der Waals surface area contributed by atoms with E-state index in [2.05, 4.69) is 9.98 Å². The Morgan fingerprint density at radius 3 is 2.88 bits per heavy atom. The molecule has 2 aromatic carbocycles. The molecule has 3 aromatic rings. The first kappa shape index (κ1) is 17.3. The van der Waals surface area contributed by atoms with Crippen molar-refractivity contribution in [1.82, 2.24) is 4.98 Å². The molecule has 2 N–H and O–H groups in total. The molecule has 1 aromatic heterocycles. The summed E-state index contributed by atoms with van der Waals surface area (Å²) < 4.78 is 10.7. The zero-order chi connectivity index (χ0) is 18.4. The summed E-state index contributed by atoms with van der Waals surface area (Å²) in [4.78, 5) is 18.1. The fourth-order valence-electron chi connectivity index (χ4n) is 2.35. The number of pyridine rings is 1. The number of nitrogens with one attached hydrogen (secondary N) is 1. The van der Waals surface area contributed by atoms with Gasteiger partial charge in [0.05, 0.1) is 13.3 Å². The molecule has 3 rings (SSSR count). The smallest absolute Gasteiger partial charge is 0.248 e. The highest BCUT2D eigenvalue weighted by Gasteiger charge is 2.00. The Morgan fingerprint density at radius 1 is 1.15 bits per heavy atom. The maximum Gasteiger partial charge on any atom is 0.248 e. The Balaban J connectivity index is 1.61. The molecule has 0 saturated carbocycles. The summed E-state index contributed by atoms with van der Waals surface area (Å²) in [6.07, 6.45) is 2.95. The maximum absolute atomic E-state index is 11.3. The third kappa shape index (κ3) is 4.51. The van der Waals surface area contributed by atoms with Gasteiger partial charge in [0.25, 0.3) is 0 Å². The highest BCUT2D eigenvalue weighted by atomic mass is 16.5. The van der Waals surface area contributed by atoms with Gasteiger partial charge in [-0.3, -0.25) is 9.79 Å². The van der Waals surface area contributed by atoms with Gasteiger partial charge in [-0.2, -0.15) is 0 Å². The molecule has 26 heavy (non-hydrogen) atoms. The number of hydrogen-bond donors (Lipinski definition) is 2. The first-order chi connectivity index (χ1) is 12.6. The zero-order valence-electron chi connectivity index (χ0n) is 14.2. The molecule has 1 heterocycles. The van der Waals surface area contributed by atoms with Gasteiger partial charge in [0.15, 0.2) is 0 Å². The summed E-state index contributed by atoms with van der Waals surface area (Å²) in [6.45, 7) is -0.00961. The van der Waals surface area contributed by atoms with E-state index in [9.17, 15) is 9.90 Å². The average molecular weight is 350 g/mol. The van der Waals surface area contributed by atoms with E-state index in [-0.39, 0.29) is 17.9 Å². The number of H-pyrrole nitrogens is 1. The molecule has 0 saturated heterocycles. The lowest BCUT2D eigenvalue weighted by Gasteiger charge is -2.06. The van der Waals surface area contributed by atoms with Crippen LogP contribution in [0.3, 0.4) is 0 Å². The van der Waals surface area contributed by atoms with Gasteiger partial charge in [0, 0.05) is 23.2 Å². The molecule has 0 amide bonds. The normalized spacial score (nSPS) is 11.8. The van der Waals surface area contributed by atoms with Gasteiger partial charge in [-0.15, -0.1) is 0 Å². The van der Waals surface area contributed by atoms with E-state index in [1.165, 1.54) is 12.3 Å². The van der Waals surface area contributed by atoms with Crippen LogP contribution in [0, 0.1) is 0 Å². The molecule has 0 aliphatic carbocycles. The van der Waals surface area contributed by atoms with Gasteiger partial charge < -0.3 is 19.6 Å². The number of hydrogen-bond acceptors (Lipinski definition) is 5. The second kappa shape index (κ2) is 8.02. The van der Waals surface area contributed by atoms with Crippen LogP contribution in [-0.2, 0) is 0 Å². The van der Waals surface area contributed by atoms with Crippen molar-refractivity contribution in [2.45, 2.75) is 0 Å². The molecule has 0 aliphatic rings. The third-order valence-corrected chi connectivity index (χ3v) is 3.62. The molecule has 132 valence electrons. The minimum atomic E-state index is -0.152. The van der Waals surface area contributed by atoms with Crippen molar-refractivity contribution in [2.24, 2.45) is 4.99 Å². The van der Waals surface area contributed by atoms with Gasteiger partial charge in [0.1, 0.15) is 23.9 Å². The van der Waals surface area contributed by atoms with Crippen molar-refractivity contribution in [3.05, 3.63) is 82.5 Å². The van der Waals surface area contributed by atoms with Crippen LogP contribution < -0.4 is 15.0 Å². The molecule has 0 aliphatic heterocycles. The monoisotopic (exact) mass is 350 g/mol. The van der Waals surface area contributed by atoms with E-state index in [1.807, 2.05) is 24.3 Å². The van der Waals surface area contributed by atoms with Gasteiger partial charge in [-0.05, 0) is 42.0 Å². The Bertz CT molecular complexity index is 1020. The van der Waals surface area contributed by atoms with E-state index in [4.69, 9.17) is 9.47 Å². The number of aliphatic hydroxyl groups is 1. The number of benzene rings is 2. The largest absolute Gasteiger partial charge is 0.507 e. The summed E-state index contributed by atoms with van der Waals surface area (Å²) in [5, 5.41) is 10.7. The van der Waals surface area contributed by atoms with Crippen molar-refractivity contribution >= 4 is 17.1 Å². The van der Waals surface area contributed by atoms with Crippen molar-refractivity contribution in [2.75, 3.05) is 13.7 Å². The van der Waals surface area contributed by atoms with Gasteiger partial charge in [-0.1, -0.05) is 12.1 Å². The summed E-state index contributed by atoms with van der Waals surface area (Å²) in [5.74, 6) is 1.31. The van der Waals surface area contributed by atoms with Crippen molar-refractivity contribution in [3.8, 4) is 11.5 Å². The van der Waals surface area contributed by atoms with E-state index >= 15 is 0 Å². The molecule has 0 unspecified atom stereocenters. The van der Waals surface area contributed by atoms with E-state index in [0.29, 0.717) is 5.75 Å². The highest BCUT2D eigenvalue weighted by molar-refractivity contribution is 5.81. The zero-order valence-corrected chi connectivity index (χ0v) is 14.2. The third-order valence-electron chi connectivity index (χ3n) is 3.62. The molecule has 0 radical (unpaired) electrons. The van der Waals surface area contributed by atoms with Crippen LogP contribution in [0.4, 0.5) is 0 Å². The quantitative estimate of drug-likeness (QED) is 0.527. The van der Waals surface area contributed by atoms with Gasteiger partial charge in [0.2, 0.25) is 5.56 Å². The Hall–Kier alpha value is -3.54. The summed E-state index contributed by atoms with van der Waals surface area (Å²) in [7, 11) is 1.60. The number of ether oxygens (including phenoxy) is 2. The van der Waals surface area contributed by atoms with Crippen LogP contribution in [0.1, 0.15) is 5.56 Å². The lowest BCUT2D eigenvalue weighted by molar-refractivity contribution is 0.270. The van der Waals surface area contributed by atoms with Crippen LogP contribution in [0.5, 0.6) is 11.5 Å². The van der Waals surface area contributed by atoms with Crippen molar-refractivity contribution in [1.29, 1.82) is 0 Å². The molecular weight excluding hydrogens is 332 g/mol. The van der Waals surface area contributed by atoms with E-state index in [0.717, 1.165) is 22.2 Å². The number of methoxy groups -OCH3 is 1. The second-order valence-electron chi connectivity index (χ2n) is 5.54. The topological polar surface area (TPSA) is 83.9 Å². The Labute approximate surface area is 150 Å². The van der Waals surface area contributed by atoms with Crippen LogP contribution in [0.15, 0.2) is 76.3 Å². The van der Waals surface area contributed by atoms with Gasteiger partial charge >= 0.3 is 0 Å². The number of aromatic nitrogens is 1. The fraction of sp³-hybridized carbons (Fsp3) is 0.100. The van der Waals surface area contributed by atoms with Crippen LogP contribution in [0.25, 0.3) is 10.9 Å². The Kier molecular flexibility index (Phi) is 5.34. The minimum absolute atomic E-state index is 0.00860. The SMILES string of the molecule is COc1cccc(C=NC=C(O)COc2ccc3[nH]c(=O)ccc3c2)c1. The number of aliphatic imine (C=N–C) groups is 1. The number of aromatic amines is 1. The van der Waals surface area contributed by atoms with Crippen LogP contribution >= 0.6 is 0 Å². The lowest BCUT2D eigenvalue weighted by atomic mass is 10.2. The van der Waals surface area contributed by atoms with Crippen molar-refractivity contribution in [3.63, 3.8) is 0 Å². The predicted octanol–water partition coefficient (Wildman–Crippen LogP) is 3.43. The van der Waals surface area contributed by atoms with E-state index < -0.39 is 0 Å². The minimum Gasteiger partial charge on any atom is -0.507 e. The molecule has 0 spiro atoms. The van der Waals surface area contributed by atoms with Gasteiger partial charge in [-0.25, -0.2) is 0 Å². The lowest BCUT2D eigenvalue weighted by Crippen LogP contribution is -2.03. The number of nitrogens with zero attached hydrogens (tertiary/aromatic N) is 1. The molecule has 6 nitrogen and oxygen atoms in total. The standard InChI is InChI=1S/C20H18N2O4/c1-25-17-4-2-3-14(9-17)11-21-12-16(23)13-26-18-6-7-19-15(10-18)5-8-20(24)22-19/h2-12,23H,13H2,1H3,(H,22,24). The second-order valence-corrected chi connectivity index (χ2v) is 5.54. The van der Waals surface area contributed by atoms with Crippen LogP contribution in [-0.4, -0.2) is 30.0 Å². The fourth-order valence-corrected chi connectivity index (χ4v) is 2.35. The first-order valence-corrected chi connectivity index (χ1v) is 7.95. The molecule has 0 atom stereocenters. The number of rotatable bonds is 6. The summed E-state index contributed by atoms with van der Waals surface area (Å²) in [6, 6.07) is 15.9. The predicted molar refractivity (Wildman–Crippen MR) is 101 cm³/mol. The first-order valence-electron chi connectivity index (χ1n) is 7.95. The average Bonchev–Trinajstić information content (AvgIpc) is 2.66. The molecular formula is C20H18N2O4. The molecule has 0 bridgehead atoms. The van der Waals surface area contributed by atoms with Crippen LogP contribution in [0.2, 0.25) is 0 Å². The van der Waals surface area contributed by atoms with Crippen molar-refractivity contribution < 1.29 is 14.6 Å². The molecule has 6 heteroatoms.